The molecule has 88 valence electrons. The van der Waals surface area contributed by atoms with E-state index >= 15 is 0 Å². The molecule has 2 N–H and O–H groups in total. The number of anilines is 1. The second-order valence-electron chi connectivity index (χ2n) is 3.36. The van der Waals surface area contributed by atoms with Crippen LogP contribution in [0, 0.1) is 0 Å². The maximum absolute atomic E-state index is 5.97. The Balaban J connectivity index is 2.31. The molecule has 0 aromatic heterocycles. The molecule has 0 spiro atoms. The molecule has 0 amide bonds. The summed E-state index contributed by atoms with van der Waals surface area (Å²) in [7, 11) is 0. The molecule has 1 nitrogen and oxygen atoms in total. The molecule has 5 heteroatoms. The lowest BCUT2D eigenvalue weighted by Crippen LogP contribution is -1.87. The zero-order valence-corrected chi connectivity index (χ0v) is 12.5. The van der Waals surface area contributed by atoms with Crippen LogP contribution in [-0.4, -0.2) is 0 Å². The van der Waals surface area contributed by atoms with Crippen LogP contribution >= 0.6 is 50.9 Å². The van der Waals surface area contributed by atoms with E-state index in [2.05, 4.69) is 15.9 Å². The third-order valence-corrected chi connectivity index (χ3v) is 4.39. The molecule has 0 aliphatic heterocycles. The highest BCUT2D eigenvalue weighted by Gasteiger charge is 2.05. The summed E-state index contributed by atoms with van der Waals surface area (Å²) in [6, 6.07) is 11.3. The molecule has 0 unspecified atom stereocenters. The fraction of sp³-hybridized carbons (Fsp3) is 0. The number of halogens is 3. The van der Waals surface area contributed by atoms with Crippen molar-refractivity contribution in [3.8, 4) is 0 Å². The van der Waals surface area contributed by atoms with Crippen molar-refractivity contribution in [3.63, 3.8) is 0 Å². The predicted molar refractivity (Wildman–Crippen MR) is 79.1 cm³/mol. The molecule has 0 aliphatic carbocycles. The van der Waals surface area contributed by atoms with Crippen LogP contribution in [-0.2, 0) is 0 Å². The van der Waals surface area contributed by atoms with Gasteiger partial charge in [-0.2, -0.15) is 0 Å². The molecular weight excluding hydrogens is 341 g/mol. The van der Waals surface area contributed by atoms with Gasteiger partial charge in [-0.3, -0.25) is 0 Å². The van der Waals surface area contributed by atoms with Gasteiger partial charge in [0.2, 0.25) is 0 Å². The van der Waals surface area contributed by atoms with Gasteiger partial charge in [0.1, 0.15) is 0 Å². The first-order valence-corrected chi connectivity index (χ1v) is 7.11. The van der Waals surface area contributed by atoms with E-state index in [1.54, 1.807) is 17.8 Å². The van der Waals surface area contributed by atoms with Gasteiger partial charge >= 0.3 is 0 Å². The highest BCUT2D eigenvalue weighted by Crippen LogP contribution is 2.36. The first-order chi connectivity index (χ1) is 8.06. The quantitative estimate of drug-likeness (QED) is 0.726. The van der Waals surface area contributed by atoms with Crippen LogP contribution in [0.3, 0.4) is 0 Å². The van der Waals surface area contributed by atoms with E-state index < -0.39 is 0 Å². The number of hydrogen-bond donors (Lipinski definition) is 1. The Labute approximate surface area is 122 Å². The molecule has 0 bridgehead atoms. The summed E-state index contributed by atoms with van der Waals surface area (Å²) < 4.78 is 0.995. The van der Waals surface area contributed by atoms with Crippen molar-refractivity contribution in [2.45, 2.75) is 9.79 Å². The number of nitrogen functional groups attached to an aromatic ring is 1. The van der Waals surface area contributed by atoms with E-state index in [1.165, 1.54) is 0 Å². The van der Waals surface area contributed by atoms with Gasteiger partial charge in [0.05, 0.1) is 10.0 Å². The monoisotopic (exact) mass is 347 g/mol. The van der Waals surface area contributed by atoms with Crippen LogP contribution in [0.25, 0.3) is 0 Å². The Morgan fingerprint density at radius 1 is 1.00 bits per heavy atom. The van der Waals surface area contributed by atoms with E-state index in [-0.39, 0.29) is 0 Å². The van der Waals surface area contributed by atoms with Crippen LogP contribution in [0.1, 0.15) is 0 Å². The van der Waals surface area contributed by atoms with Gasteiger partial charge in [-0.1, -0.05) is 50.9 Å². The highest BCUT2D eigenvalue weighted by atomic mass is 79.9. The number of benzene rings is 2. The molecule has 0 heterocycles. The molecular formula is C12H8BrCl2NS. The van der Waals surface area contributed by atoms with E-state index in [0.717, 1.165) is 20.0 Å². The van der Waals surface area contributed by atoms with Gasteiger partial charge in [0, 0.05) is 20.0 Å². The maximum atomic E-state index is 5.97. The maximum Gasteiger partial charge on any atom is 0.0603 e. The topological polar surface area (TPSA) is 26.0 Å². The van der Waals surface area contributed by atoms with Gasteiger partial charge in [0.25, 0.3) is 0 Å². The molecule has 0 radical (unpaired) electrons. The Bertz CT molecular complexity index is 560. The van der Waals surface area contributed by atoms with Crippen molar-refractivity contribution in [2.24, 2.45) is 0 Å². The SMILES string of the molecule is Nc1ccc(Br)cc1Sc1ccc(Cl)c(Cl)c1. The molecule has 17 heavy (non-hydrogen) atoms. The molecule has 0 saturated heterocycles. The molecule has 2 aromatic carbocycles. The Morgan fingerprint density at radius 3 is 2.47 bits per heavy atom. The van der Waals surface area contributed by atoms with Gasteiger partial charge in [-0.05, 0) is 36.4 Å². The normalized spacial score (nSPS) is 10.5. The molecule has 0 aliphatic rings. The number of hydrogen-bond acceptors (Lipinski definition) is 2. The zero-order valence-electron chi connectivity index (χ0n) is 8.58. The number of rotatable bonds is 2. The van der Waals surface area contributed by atoms with Crippen molar-refractivity contribution in [1.82, 2.24) is 0 Å². The molecule has 0 atom stereocenters. The van der Waals surface area contributed by atoms with E-state index in [9.17, 15) is 0 Å². The Hall–Kier alpha value is -0.350. The summed E-state index contributed by atoms with van der Waals surface area (Å²) in [5, 5.41) is 1.10. The molecule has 0 saturated carbocycles. The predicted octanol–water partition coefficient (Wildman–Crippen LogP) is 5.49. The van der Waals surface area contributed by atoms with Gasteiger partial charge < -0.3 is 5.73 Å². The summed E-state index contributed by atoms with van der Waals surface area (Å²) in [4.78, 5) is 1.99. The van der Waals surface area contributed by atoms with Crippen molar-refractivity contribution < 1.29 is 0 Å². The van der Waals surface area contributed by atoms with Crippen molar-refractivity contribution in [3.05, 3.63) is 50.9 Å². The van der Waals surface area contributed by atoms with Crippen molar-refractivity contribution in [2.75, 3.05) is 5.73 Å². The van der Waals surface area contributed by atoms with Gasteiger partial charge in [0.15, 0.2) is 0 Å². The smallest absolute Gasteiger partial charge is 0.0603 e. The third-order valence-electron chi connectivity index (χ3n) is 2.09. The minimum atomic E-state index is 0.547. The summed E-state index contributed by atoms with van der Waals surface area (Å²) in [6.45, 7) is 0. The Kier molecular flexibility index (Phi) is 4.26. The van der Waals surface area contributed by atoms with Crippen LogP contribution in [0.4, 0.5) is 5.69 Å². The summed E-state index contributed by atoms with van der Waals surface area (Å²) >= 11 is 16.8. The third kappa shape index (κ3) is 3.32. The zero-order chi connectivity index (χ0) is 12.4. The van der Waals surface area contributed by atoms with Crippen molar-refractivity contribution >= 4 is 56.6 Å². The first-order valence-electron chi connectivity index (χ1n) is 4.74. The molecule has 0 fully saturated rings. The van der Waals surface area contributed by atoms with Crippen LogP contribution in [0.5, 0.6) is 0 Å². The minimum absolute atomic E-state index is 0.547. The lowest BCUT2D eigenvalue weighted by atomic mass is 10.3. The standard InChI is InChI=1S/C12H8BrCl2NS/c13-7-1-4-11(16)12(5-7)17-8-2-3-9(14)10(15)6-8/h1-6H,16H2. The lowest BCUT2D eigenvalue weighted by Gasteiger charge is -2.06. The summed E-state index contributed by atoms with van der Waals surface area (Å²) in [5.41, 5.74) is 6.64. The van der Waals surface area contributed by atoms with E-state index in [1.807, 2.05) is 30.3 Å². The minimum Gasteiger partial charge on any atom is -0.398 e. The Morgan fingerprint density at radius 2 is 1.76 bits per heavy atom. The second-order valence-corrected chi connectivity index (χ2v) is 6.21. The largest absolute Gasteiger partial charge is 0.398 e. The summed E-state index contributed by atoms with van der Waals surface area (Å²) in [6.07, 6.45) is 0. The van der Waals surface area contributed by atoms with Gasteiger partial charge in [-0.15, -0.1) is 0 Å². The van der Waals surface area contributed by atoms with Crippen LogP contribution in [0.2, 0.25) is 10.0 Å². The first kappa shape index (κ1) is 13.1. The summed E-state index contributed by atoms with van der Waals surface area (Å²) in [5.74, 6) is 0. The van der Waals surface area contributed by atoms with E-state index in [0.29, 0.717) is 10.0 Å². The van der Waals surface area contributed by atoms with Gasteiger partial charge in [-0.25, -0.2) is 0 Å². The lowest BCUT2D eigenvalue weighted by molar-refractivity contribution is 1.39. The second kappa shape index (κ2) is 5.53. The van der Waals surface area contributed by atoms with Crippen LogP contribution < -0.4 is 5.73 Å². The highest BCUT2D eigenvalue weighted by molar-refractivity contribution is 9.10. The van der Waals surface area contributed by atoms with E-state index in [4.69, 9.17) is 28.9 Å². The molecule has 2 rings (SSSR count). The fourth-order valence-electron chi connectivity index (χ4n) is 1.26. The average Bonchev–Trinajstić information content (AvgIpc) is 2.29. The average molecular weight is 349 g/mol. The van der Waals surface area contributed by atoms with Crippen molar-refractivity contribution in [1.29, 1.82) is 0 Å². The fourth-order valence-corrected chi connectivity index (χ4v) is 3.08. The van der Waals surface area contributed by atoms with Crippen LogP contribution in [0.15, 0.2) is 50.7 Å². The number of nitrogens with two attached hydrogens (primary N) is 1. The molecule has 2 aromatic rings.